The summed E-state index contributed by atoms with van der Waals surface area (Å²) in [6.45, 7) is 4.24. The summed E-state index contributed by atoms with van der Waals surface area (Å²) in [5, 5.41) is 2.92. The van der Waals surface area contributed by atoms with E-state index in [0.717, 1.165) is 0 Å². The van der Waals surface area contributed by atoms with Gasteiger partial charge < -0.3 is 16.0 Å². The van der Waals surface area contributed by atoms with Gasteiger partial charge in [-0.3, -0.25) is 9.59 Å². The maximum atomic E-state index is 12.5. The second-order valence-corrected chi connectivity index (χ2v) is 5.25. The number of hydrogen-bond acceptors (Lipinski definition) is 4. The quantitative estimate of drug-likeness (QED) is 0.741. The van der Waals surface area contributed by atoms with E-state index in [1.807, 2.05) is 0 Å². The molecule has 0 atom stereocenters. The average molecular weight is 283 g/mol. The molecule has 1 aliphatic rings. The van der Waals surface area contributed by atoms with Crippen LogP contribution in [0.4, 0.5) is 5.69 Å². The SMILES string of the molecule is CC1(C)C(=O)NCCN1C(=O)c1cc(Cl)ncc1N. The summed E-state index contributed by atoms with van der Waals surface area (Å²) >= 11 is 5.78. The van der Waals surface area contributed by atoms with Crippen molar-refractivity contribution in [3.8, 4) is 0 Å². The van der Waals surface area contributed by atoms with Crippen molar-refractivity contribution in [2.45, 2.75) is 19.4 Å². The molecule has 7 heteroatoms. The van der Waals surface area contributed by atoms with E-state index in [-0.39, 0.29) is 28.2 Å². The first-order valence-electron chi connectivity index (χ1n) is 5.85. The summed E-state index contributed by atoms with van der Waals surface area (Å²) in [7, 11) is 0. The average Bonchev–Trinajstić information content (AvgIpc) is 2.35. The number of pyridine rings is 1. The van der Waals surface area contributed by atoms with Gasteiger partial charge in [0, 0.05) is 13.1 Å². The smallest absolute Gasteiger partial charge is 0.257 e. The van der Waals surface area contributed by atoms with Crippen molar-refractivity contribution in [2.24, 2.45) is 0 Å². The second-order valence-electron chi connectivity index (χ2n) is 4.87. The van der Waals surface area contributed by atoms with Crippen LogP contribution in [0.15, 0.2) is 12.3 Å². The standard InChI is InChI=1S/C12H15ClN4O2/c1-12(2)11(19)15-3-4-17(12)10(18)7-5-9(13)16-6-8(7)14/h5-6H,3-4,14H2,1-2H3,(H,15,19). The number of hydrogen-bond donors (Lipinski definition) is 2. The minimum absolute atomic E-state index is 0.189. The Bertz CT molecular complexity index is 545. The lowest BCUT2D eigenvalue weighted by Crippen LogP contribution is -2.63. The van der Waals surface area contributed by atoms with Crippen LogP contribution in [0.25, 0.3) is 0 Å². The number of halogens is 1. The van der Waals surface area contributed by atoms with Crippen LogP contribution in [-0.4, -0.2) is 40.3 Å². The topological polar surface area (TPSA) is 88.3 Å². The van der Waals surface area contributed by atoms with Crippen LogP contribution < -0.4 is 11.1 Å². The van der Waals surface area contributed by atoms with Crippen molar-refractivity contribution in [3.63, 3.8) is 0 Å². The zero-order valence-electron chi connectivity index (χ0n) is 10.7. The highest BCUT2D eigenvalue weighted by Gasteiger charge is 2.41. The molecule has 0 spiro atoms. The van der Waals surface area contributed by atoms with E-state index in [1.54, 1.807) is 13.8 Å². The van der Waals surface area contributed by atoms with Crippen molar-refractivity contribution < 1.29 is 9.59 Å². The number of carbonyl (C=O) groups excluding carboxylic acids is 2. The molecule has 0 aromatic carbocycles. The Kier molecular flexibility index (Phi) is 3.36. The van der Waals surface area contributed by atoms with Gasteiger partial charge in [-0.2, -0.15) is 0 Å². The van der Waals surface area contributed by atoms with Crippen molar-refractivity contribution in [3.05, 3.63) is 23.0 Å². The van der Waals surface area contributed by atoms with Crippen molar-refractivity contribution in [1.29, 1.82) is 0 Å². The van der Waals surface area contributed by atoms with E-state index in [4.69, 9.17) is 17.3 Å². The van der Waals surface area contributed by atoms with Gasteiger partial charge in [-0.1, -0.05) is 11.6 Å². The van der Waals surface area contributed by atoms with Crippen molar-refractivity contribution in [2.75, 3.05) is 18.8 Å². The number of rotatable bonds is 1. The Balaban J connectivity index is 2.38. The molecule has 6 nitrogen and oxygen atoms in total. The third-order valence-electron chi connectivity index (χ3n) is 3.23. The highest BCUT2D eigenvalue weighted by molar-refractivity contribution is 6.29. The van der Waals surface area contributed by atoms with Crippen LogP contribution in [0, 0.1) is 0 Å². The molecule has 2 rings (SSSR count). The molecule has 0 bridgehead atoms. The predicted molar refractivity (Wildman–Crippen MR) is 71.8 cm³/mol. The third-order valence-corrected chi connectivity index (χ3v) is 3.44. The van der Waals surface area contributed by atoms with E-state index in [0.29, 0.717) is 13.1 Å². The first kappa shape index (κ1) is 13.6. The predicted octanol–water partition coefficient (Wildman–Crippen LogP) is 0.668. The molecule has 1 aromatic rings. The molecule has 0 saturated carbocycles. The minimum Gasteiger partial charge on any atom is -0.397 e. The second kappa shape index (κ2) is 4.70. The van der Waals surface area contributed by atoms with Crippen LogP contribution in [0.3, 0.4) is 0 Å². The number of piperazine rings is 1. The van der Waals surface area contributed by atoms with Crippen LogP contribution in [-0.2, 0) is 4.79 Å². The van der Waals surface area contributed by atoms with Crippen molar-refractivity contribution in [1.82, 2.24) is 15.2 Å². The molecule has 0 radical (unpaired) electrons. The molecule has 0 aliphatic carbocycles. The summed E-state index contributed by atoms with van der Waals surface area (Å²) in [6.07, 6.45) is 1.34. The van der Waals surface area contributed by atoms with Crippen LogP contribution in [0.5, 0.6) is 0 Å². The highest BCUT2D eigenvalue weighted by Crippen LogP contribution is 2.24. The van der Waals surface area contributed by atoms with Gasteiger partial charge in [-0.05, 0) is 19.9 Å². The summed E-state index contributed by atoms with van der Waals surface area (Å²) in [6, 6.07) is 1.42. The fourth-order valence-corrected chi connectivity index (χ4v) is 2.18. The van der Waals surface area contributed by atoms with Gasteiger partial charge in [0.1, 0.15) is 10.7 Å². The third kappa shape index (κ3) is 2.35. The summed E-state index contributed by atoms with van der Waals surface area (Å²) in [5.41, 5.74) is 5.34. The van der Waals surface area contributed by atoms with Crippen LogP contribution in [0.1, 0.15) is 24.2 Å². The van der Waals surface area contributed by atoms with E-state index in [9.17, 15) is 9.59 Å². The Labute approximate surface area is 115 Å². The van der Waals surface area contributed by atoms with Gasteiger partial charge in [0.05, 0.1) is 17.4 Å². The van der Waals surface area contributed by atoms with E-state index < -0.39 is 5.54 Å². The number of carbonyl (C=O) groups is 2. The molecule has 0 unspecified atom stereocenters. The number of nitrogen functional groups attached to an aromatic ring is 1. The molecule has 1 fully saturated rings. The van der Waals surface area contributed by atoms with Crippen molar-refractivity contribution >= 4 is 29.1 Å². The zero-order valence-corrected chi connectivity index (χ0v) is 11.5. The minimum atomic E-state index is -0.919. The molecule has 1 aromatic heterocycles. The first-order valence-corrected chi connectivity index (χ1v) is 6.23. The maximum absolute atomic E-state index is 12.5. The maximum Gasteiger partial charge on any atom is 0.257 e. The lowest BCUT2D eigenvalue weighted by Gasteiger charge is -2.41. The van der Waals surface area contributed by atoms with Gasteiger partial charge in [-0.25, -0.2) is 4.98 Å². The fourth-order valence-electron chi connectivity index (χ4n) is 2.03. The van der Waals surface area contributed by atoms with Gasteiger partial charge in [0.2, 0.25) is 5.91 Å². The lowest BCUT2D eigenvalue weighted by molar-refractivity contribution is -0.133. The first-order chi connectivity index (χ1) is 8.84. The fraction of sp³-hybridized carbons (Fsp3) is 0.417. The van der Waals surface area contributed by atoms with Gasteiger partial charge in [0.25, 0.3) is 5.91 Å². The molecule has 19 heavy (non-hydrogen) atoms. The highest BCUT2D eigenvalue weighted by atomic mass is 35.5. The number of nitrogens with zero attached hydrogens (tertiary/aromatic N) is 2. The van der Waals surface area contributed by atoms with Gasteiger partial charge >= 0.3 is 0 Å². The van der Waals surface area contributed by atoms with E-state index in [1.165, 1.54) is 17.2 Å². The molecule has 1 saturated heterocycles. The Morgan fingerprint density at radius 2 is 2.26 bits per heavy atom. The number of amides is 2. The Morgan fingerprint density at radius 1 is 1.58 bits per heavy atom. The number of nitrogens with one attached hydrogen (secondary N) is 1. The molecular formula is C12H15ClN4O2. The lowest BCUT2D eigenvalue weighted by atomic mass is 9.97. The molecule has 2 amide bonds. The zero-order chi connectivity index (χ0) is 14.2. The number of nitrogens with two attached hydrogens (primary N) is 1. The summed E-state index contributed by atoms with van der Waals surface area (Å²) < 4.78 is 0. The monoisotopic (exact) mass is 282 g/mol. The largest absolute Gasteiger partial charge is 0.397 e. The van der Waals surface area contributed by atoms with E-state index in [2.05, 4.69) is 10.3 Å². The Hall–Kier alpha value is -1.82. The summed E-state index contributed by atoms with van der Waals surface area (Å²) in [5.74, 6) is -0.507. The molecule has 2 heterocycles. The van der Waals surface area contributed by atoms with Gasteiger partial charge in [-0.15, -0.1) is 0 Å². The molecule has 102 valence electrons. The molecule has 1 aliphatic heterocycles. The van der Waals surface area contributed by atoms with Gasteiger partial charge in [0.15, 0.2) is 0 Å². The number of aromatic nitrogens is 1. The molecular weight excluding hydrogens is 268 g/mol. The van der Waals surface area contributed by atoms with Crippen LogP contribution in [0.2, 0.25) is 5.15 Å². The Morgan fingerprint density at radius 3 is 2.95 bits per heavy atom. The van der Waals surface area contributed by atoms with Crippen LogP contribution >= 0.6 is 11.6 Å². The molecule has 3 N–H and O–H groups in total. The number of anilines is 1. The normalized spacial score (nSPS) is 18.1. The van der Waals surface area contributed by atoms with E-state index >= 15 is 0 Å². The summed E-state index contributed by atoms with van der Waals surface area (Å²) in [4.78, 5) is 29.7.